The first-order valence-corrected chi connectivity index (χ1v) is 7.37. The Bertz CT molecular complexity index is 410. The molecule has 2 unspecified atom stereocenters. The number of carbonyl (C=O) groups excluding carboxylic acids is 1. The van der Waals surface area contributed by atoms with E-state index in [1.807, 2.05) is 39.0 Å². The molecular formula is C14H23N3OS. The molecule has 5 heteroatoms. The van der Waals surface area contributed by atoms with Gasteiger partial charge in [0, 0.05) is 17.5 Å². The summed E-state index contributed by atoms with van der Waals surface area (Å²) < 4.78 is 0. The summed E-state index contributed by atoms with van der Waals surface area (Å²) in [6.45, 7) is 7.98. The predicted octanol–water partition coefficient (Wildman–Crippen LogP) is 2.19. The molecule has 0 fully saturated rings. The number of nitrogens with two attached hydrogens (primary N) is 1. The molecule has 1 aromatic rings. The summed E-state index contributed by atoms with van der Waals surface area (Å²) in [5.41, 5.74) is 4.85. The van der Waals surface area contributed by atoms with E-state index in [4.69, 9.17) is 5.73 Å². The van der Waals surface area contributed by atoms with Crippen LogP contribution in [0, 0.1) is 0 Å². The van der Waals surface area contributed by atoms with Gasteiger partial charge in [-0.1, -0.05) is 13.0 Å². The Morgan fingerprint density at radius 3 is 2.63 bits per heavy atom. The van der Waals surface area contributed by atoms with Crippen LogP contribution in [0.15, 0.2) is 29.4 Å². The summed E-state index contributed by atoms with van der Waals surface area (Å²) >= 11 is 1.66. The summed E-state index contributed by atoms with van der Waals surface area (Å²) in [4.78, 5) is 16.0. The molecule has 0 aromatic carbocycles. The third-order valence-corrected chi connectivity index (χ3v) is 3.86. The van der Waals surface area contributed by atoms with Crippen LogP contribution in [0.3, 0.4) is 0 Å². The van der Waals surface area contributed by atoms with Crippen LogP contribution in [0.1, 0.15) is 34.1 Å². The van der Waals surface area contributed by atoms with Crippen molar-refractivity contribution in [2.24, 2.45) is 5.73 Å². The molecule has 0 aliphatic rings. The van der Waals surface area contributed by atoms with E-state index in [0.29, 0.717) is 6.42 Å². The molecule has 1 amide bonds. The maximum Gasteiger partial charge on any atom is 0.237 e. The number of thioether (sulfide) groups is 1. The van der Waals surface area contributed by atoms with Crippen LogP contribution < -0.4 is 11.1 Å². The molecule has 19 heavy (non-hydrogen) atoms. The highest BCUT2D eigenvalue weighted by Gasteiger charge is 2.33. The highest BCUT2D eigenvalue weighted by atomic mass is 32.2. The van der Waals surface area contributed by atoms with Crippen LogP contribution in [-0.2, 0) is 4.79 Å². The van der Waals surface area contributed by atoms with E-state index in [2.05, 4.69) is 17.2 Å². The quantitative estimate of drug-likeness (QED) is 0.752. The lowest BCUT2D eigenvalue weighted by Gasteiger charge is -2.32. The van der Waals surface area contributed by atoms with E-state index in [-0.39, 0.29) is 17.2 Å². The van der Waals surface area contributed by atoms with E-state index in [9.17, 15) is 4.79 Å². The van der Waals surface area contributed by atoms with Gasteiger partial charge in [-0.15, -0.1) is 11.8 Å². The van der Waals surface area contributed by atoms with Crippen molar-refractivity contribution in [3.8, 4) is 0 Å². The summed E-state index contributed by atoms with van der Waals surface area (Å²) in [6, 6.07) is 6.03. The standard InChI is InChI=1S/C14H23N3OS/c1-10(2)17-14(4,13(15)18)9-11(3)19-12-7-5-6-8-16-12/h5-8,10-11,17H,9H2,1-4H3,(H2,15,18). The second-order valence-electron chi connectivity index (χ2n) is 5.30. The summed E-state index contributed by atoms with van der Waals surface area (Å²) in [5.74, 6) is -0.310. The topological polar surface area (TPSA) is 68.0 Å². The number of rotatable bonds is 7. The zero-order chi connectivity index (χ0) is 14.5. The van der Waals surface area contributed by atoms with Gasteiger partial charge in [0.1, 0.15) is 0 Å². The van der Waals surface area contributed by atoms with Crippen LogP contribution in [-0.4, -0.2) is 27.7 Å². The maximum absolute atomic E-state index is 11.7. The van der Waals surface area contributed by atoms with Crippen molar-refractivity contribution in [2.75, 3.05) is 0 Å². The molecule has 4 nitrogen and oxygen atoms in total. The van der Waals surface area contributed by atoms with Gasteiger partial charge >= 0.3 is 0 Å². The van der Waals surface area contributed by atoms with Crippen molar-refractivity contribution < 1.29 is 4.79 Å². The third kappa shape index (κ3) is 5.20. The molecule has 0 bridgehead atoms. The summed E-state index contributed by atoms with van der Waals surface area (Å²) in [6.07, 6.45) is 2.44. The average Bonchev–Trinajstić information content (AvgIpc) is 2.28. The first-order valence-electron chi connectivity index (χ1n) is 6.49. The molecule has 0 radical (unpaired) electrons. The van der Waals surface area contributed by atoms with Gasteiger partial charge in [0.25, 0.3) is 0 Å². The maximum atomic E-state index is 11.7. The molecule has 0 aliphatic heterocycles. The number of aromatic nitrogens is 1. The fourth-order valence-electron chi connectivity index (χ4n) is 2.11. The number of amides is 1. The first kappa shape index (κ1) is 16.0. The number of carbonyl (C=O) groups is 1. The largest absolute Gasteiger partial charge is 0.368 e. The second-order valence-corrected chi connectivity index (χ2v) is 6.75. The Hall–Kier alpha value is -1.07. The molecule has 0 aliphatic carbocycles. The smallest absolute Gasteiger partial charge is 0.237 e. The Kier molecular flexibility index (Phi) is 5.82. The molecule has 1 aromatic heterocycles. The summed E-state index contributed by atoms with van der Waals surface area (Å²) in [5, 5.41) is 4.48. The molecule has 0 saturated carbocycles. The van der Waals surface area contributed by atoms with Crippen molar-refractivity contribution in [2.45, 2.75) is 56.0 Å². The van der Waals surface area contributed by atoms with E-state index in [0.717, 1.165) is 5.03 Å². The van der Waals surface area contributed by atoms with E-state index in [1.54, 1.807) is 18.0 Å². The zero-order valence-electron chi connectivity index (χ0n) is 12.0. The number of pyridine rings is 1. The second kappa shape index (κ2) is 6.91. The molecule has 0 spiro atoms. The Labute approximate surface area is 119 Å². The minimum atomic E-state index is -0.685. The molecule has 3 N–H and O–H groups in total. The molecule has 0 saturated heterocycles. The van der Waals surface area contributed by atoms with E-state index in [1.165, 1.54) is 0 Å². The van der Waals surface area contributed by atoms with Crippen molar-refractivity contribution in [3.05, 3.63) is 24.4 Å². The Balaban J connectivity index is 2.66. The van der Waals surface area contributed by atoms with Crippen LogP contribution >= 0.6 is 11.8 Å². The molecule has 2 atom stereocenters. The normalized spacial score (nSPS) is 16.1. The number of hydrogen-bond donors (Lipinski definition) is 2. The number of hydrogen-bond acceptors (Lipinski definition) is 4. The zero-order valence-corrected chi connectivity index (χ0v) is 12.8. The minimum absolute atomic E-state index is 0.213. The van der Waals surface area contributed by atoms with Crippen molar-refractivity contribution in [3.63, 3.8) is 0 Å². The van der Waals surface area contributed by atoms with Gasteiger partial charge in [0.2, 0.25) is 5.91 Å². The van der Waals surface area contributed by atoms with Crippen LogP contribution in [0.4, 0.5) is 0 Å². The van der Waals surface area contributed by atoms with Crippen molar-refractivity contribution >= 4 is 17.7 Å². The Morgan fingerprint density at radius 1 is 1.47 bits per heavy atom. The average molecular weight is 281 g/mol. The van der Waals surface area contributed by atoms with Gasteiger partial charge in [-0.05, 0) is 39.3 Å². The highest BCUT2D eigenvalue weighted by molar-refractivity contribution is 7.99. The molecular weight excluding hydrogens is 258 g/mol. The van der Waals surface area contributed by atoms with Crippen LogP contribution in [0.25, 0.3) is 0 Å². The lowest BCUT2D eigenvalue weighted by molar-refractivity contribution is -0.124. The van der Waals surface area contributed by atoms with E-state index < -0.39 is 5.54 Å². The van der Waals surface area contributed by atoms with Crippen molar-refractivity contribution in [1.29, 1.82) is 0 Å². The third-order valence-electron chi connectivity index (χ3n) is 2.81. The minimum Gasteiger partial charge on any atom is -0.368 e. The summed E-state index contributed by atoms with van der Waals surface area (Å²) in [7, 11) is 0. The van der Waals surface area contributed by atoms with Gasteiger partial charge < -0.3 is 11.1 Å². The first-order chi connectivity index (χ1) is 8.83. The number of nitrogens with zero attached hydrogens (tertiary/aromatic N) is 1. The highest BCUT2D eigenvalue weighted by Crippen LogP contribution is 2.27. The van der Waals surface area contributed by atoms with E-state index >= 15 is 0 Å². The lowest BCUT2D eigenvalue weighted by Crippen LogP contribution is -2.56. The SMILES string of the molecule is CC(C)NC(C)(CC(C)Sc1ccccn1)C(N)=O. The van der Waals surface area contributed by atoms with Gasteiger partial charge in [-0.25, -0.2) is 4.98 Å². The van der Waals surface area contributed by atoms with Gasteiger partial charge in [0.05, 0.1) is 10.6 Å². The van der Waals surface area contributed by atoms with Crippen molar-refractivity contribution in [1.82, 2.24) is 10.3 Å². The molecule has 1 rings (SSSR count). The van der Waals surface area contributed by atoms with Gasteiger partial charge in [0.15, 0.2) is 0 Å². The number of primary amides is 1. The molecule has 106 valence electrons. The van der Waals surface area contributed by atoms with Crippen LogP contribution in [0.2, 0.25) is 0 Å². The van der Waals surface area contributed by atoms with Gasteiger partial charge in [-0.3, -0.25) is 4.79 Å². The Morgan fingerprint density at radius 2 is 2.16 bits per heavy atom. The lowest BCUT2D eigenvalue weighted by atomic mass is 9.94. The fraction of sp³-hybridized carbons (Fsp3) is 0.571. The van der Waals surface area contributed by atoms with Gasteiger partial charge in [-0.2, -0.15) is 0 Å². The molecule has 1 heterocycles. The number of nitrogens with one attached hydrogen (secondary N) is 1. The van der Waals surface area contributed by atoms with Crippen LogP contribution in [0.5, 0.6) is 0 Å². The fourth-order valence-corrected chi connectivity index (χ4v) is 3.22. The monoisotopic (exact) mass is 281 g/mol. The predicted molar refractivity (Wildman–Crippen MR) is 80.0 cm³/mol.